The third kappa shape index (κ3) is 6.61. The van der Waals surface area contributed by atoms with Crippen molar-refractivity contribution in [3.05, 3.63) is 27.7 Å². The van der Waals surface area contributed by atoms with Crippen LogP contribution in [0.4, 0.5) is 5.69 Å². The highest BCUT2D eigenvalue weighted by atomic mass is 79.9. The molecule has 7 heteroatoms. The number of hydrogen-bond acceptors (Lipinski definition) is 3. The topological polar surface area (TPSA) is 58.2 Å². The van der Waals surface area contributed by atoms with Crippen molar-refractivity contribution in [1.82, 2.24) is 5.32 Å². The number of hydrogen-bond donors (Lipinski definition) is 2. The predicted octanol–water partition coefficient (Wildman–Crippen LogP) is 3.23. The van der Waals surface area contributed by atoms with Gasteiger partial charge in [-0.15, -0.1) is 0 Å². The second kappa shape index (κ2) is 8.09. The van der Waals surface area contributed by atoms with Crippen molar-refractivity contribution >= 4 is 43.2 Å². The Labute approximate surface area is 128 Å². The Kier molecular flexibility index (Phi) is 7.13. The van der Waals surface area contributed by atoms with Gasteiger partial charge in [0.1, 0.15) is 0 Å². The van der Waals surface area contributed by atoms with Crippen LogP contribution >= 0.6 is 27.5 Å². The van der Waals surface area contributed by atoms with E-state index in [0.717, 1.165) is 17.4 Å². The molecule has 0 aliphatic heterocycles. The molecule has 0 saturated carbocycles. The van der Waals surface area contributed by atoms with Gasteiger partial charge in [0.15, 0.2) is 0 Å². The van der Waals surface area contributed by atoms with E-state index in [-0.39, 0.29) is 5.75 Å². The SMILES string of the molecule is CCCNCCCS(=O)(=O)Nc1ccc(Br)c(Cl)c1. The third-order valence-corrected chi connectivity index (χ3v) is 4.99. The van der Waals surface area contributed by atoms with Gasteiger partial charge in [-0.25, -0.2) is 8.42 Å². The van der Waals surface area contributed by atoms with Crippen LogP contribution in [0, 0.1) is 0 Å². The van der Waals surface area contributed by atoms with E-state index in [0.29, 0.717) is 23.7 Å². The highest BCUT2D eigenvalue weighted by molar-refractivity contribution is 9.10. The van der Waals surface area contributed by atoms with Crippen LogP contribution in [0.1, 0.15) is 19.8 Å². The third-order valence-electron chi connectivity index (χ3n) is 2.39. The van der Waals surface area contributed by atoms with E-state index >= 15 is 0 Å². The lowest BCUT2D eigenvalue weighted by atomic mass is 10.3. The van der Waals surface area contributed by atoms with Crippen LogP contribution < -0.4 is 10.0 Å². The minimum absolute atomic E-state index is 0.0946. The first-order valence-electron chi connectivity index (χ1n) is 6.11. The molecule has 0 aliphatic rings. The van der Waals surface area contributed by atoms with Crippen molar-refractivity contribution in [3.8, 4) is 0 Å². The minimum atomic E-state index is -3.32. The van der Waals surface area contributed by atoms with Crippen molar-refractivity contribution in [1.29, 1.82) is 0 Å². The average molecular weight is 370 g/mol. The Morgan fingerprint density at radius 2 is 2.05 bits per heavy atom. The molecule has 0 aromatic heterocycles. The number of nitrogens with one attached hydrogen (secondary N) is 2. The molecule has 0 amide bonds. The Hall–Kier alpha value is -0.300. The fraction of sp³-hybridized carbons (Fsp3) is 0.500. The standard InChI is InChI=1S/C12H18BrClN2O2S/c1-2-6-15-7-3-8-19(17,18)16-10-4-5-11(13)12(14)9-10/h4-5,9,15-16H,2-3,6-8H2,1H3. The Morgan fingerprint density at radius 3 is 2.68 bits per heavy atom. The molecule has 0 radical (unpaired) electrons. The van der Waals surface area contributed by atoms with Crippen LogP contribution in [0.5, 0.6) is 0 Å². The van der Waals surface area contributed by atoms with Crippen LogP contribution in [0.25, 0.3) is 0 Å². The van der Waals surface area contributed by atoms with E-state index in [9.17, 15) is 8.42 Å². The Bertz CT molecular complexity index is 508. The molecule has 0 heterocycles. The van der Waals surface area contributed by atoms with Gasteiger partial charge in [0.2, 0.25) is 10.0 Å². The number of anilines is 1. The number of halogens is 2. The molecule has 0 bridgehead atoms. The van der Waals surface area contributed by atoms with E-state index in [1.807, 2.05) is 0 Å². The van der Waals surface area contributed by atoms with Crippen LogP contribution in [-0.2, 0) is 10.0 Å². The van der Waals surface area contributed by atoms with Gasteiger partial charge in [0.05, 0.1) is 16.5 Å². The fourth-order valence-corrected chi connectivity index (χ4v) is 3.02. The summed E-state index contributed by atoms with van der Waals surface area (Å²) in [5.74, 6) is 0.0946. The van der Waals surface area contributed by atoms with Crippen LogP contribution in [-0.4, -0.2) is 27.3 Å². The number of benzene rings is 1. The molecule has 1 aromatic rings. The smallest absolute Gasteiger partial charge is 0.232 e. The molecule has 0 saturated heterocycles. The lowest BCUT2D eigenvalue weighted by Gasteiger charge is -2.09. The molecule has 108 valence electrons. The molecule has 0 unspecified atom stereocenters. The van der Waals surface area contributed by atoms with E-state index in [1.54, 1.807) is 18.2 Å². The van der Waals surface area contributed by atoms with E-state index in [4.69, 9.17) is 11.6 Å². The summed E-state index contributed by atoms with van der Waals surface area (Å²) in [5.41, 5.74) is 0.481. The summed E-state index contributed by atoms with van der Waals surface area (Å²) < 4.78 is 26.9. The van der Waals surface area contributed by atoms with Gasteiger partial charge in [0, 0.05) is 4.47 Å². The van der Waals surface area contributed by atoms with Crippen molar-refractivity contribution in [2.24, 2.45) is 0 Å². The van der Waals surface area contributed by atoms with E-state index < -0.39 is 10.0 Å². The lowest BCUT2D eigenvalue weighted by Crippen LogP contribution is -2.22. The maximum atomic E-state index is 11.8. The van der Waals surface area contributed by atoms with Gasteiger partial charge < -0.3 is 5.32 Å². The van der Waals surface area contributed by atoms with Gasteiger partial charge in [-0.05, 0) is 60.1 Å². The molecule has 0 spiro atoms. The second-order valence-electron chi connectivity index (χ2n) is 4.15. The molecule has 0 atom stereocenters. The van der Waals surface area contributed by atoms with Gasteiger partial charge in [-0.2, -0.15) is 0 Å². The normalized spacial score (nSPS) is 11.5. The summed E-state index contributed by atoms with van der Waals surface area (Å²) in [6, 6.07) is 4.96. The summed E-state index contributed by atoms with van der Waals surface area (Å²) in [4.78, 5) is 0. The summed E-state index contributed by atoms with van der Waals surface area (Å²) in [5, 5.41) is 3.65. The largest absolute Gasteiger partial charge is 0.317 e. The van der Waals surface area contributed by atoms with Crippen LogP contribution in [0.15, 0.2) is 22.7 Å². The highest BCUT2D eigenvalue weighted by Crippen LogP contribution is 2.25. The first-order chi connectivity index (χ1) is 8.94. The maximum absolute atomic E-state index is 11.8. The fourth-order valence-electron chi connectivity index (χ4n) is 1.48. The molecule has 4 nitrogen and oxygen atoms in total. The predicted molar refractivity (Wildman–Crippen MR) is 84.3 cm³/mol. The van der Waals surface area contributed by atoms with Gasteiger partial charge in [-0.1, -0.05) is 18.5 Å². The molecule has 1 rings (SSSR count). The van der Waals surface area contributed by atoms with Crippen LogP contribution in [0.3, 0.4) is 0 Å². The molecule has 0 fully saturated rings. The molecule has 2 N–H and O–H groups in total. The zero-order valence-electron chi connectivity index (χ0n) is 10.7. The summed E-state index contributed by atoms with van der Waals surface area (Å²) in [6.45, 7) is 3.69. The highest BCUT2D eigenvalue weighted by Gasteiger charge is 2.10. The van der Waals surface area contributed by atoms with Crippen LogP contribution in [0.2, 0.25) is 5.02 Å². The zero-order chi connectivity index (χ0) is 14.3. The molecular weight excluding hydrogens is 352 g/mol. The zero-order valence-corrected chi connectivity index (χ0v) is 13.9. The summed E-state index contributed by atoms with van der Waals surface area (Å²) >= 11 is 9.17. The van der Waals surface area contributed by atoms with Gasteiger partial charge in [0.25, 0.3) is 0 Å². The number of rotatable bonds is 8. The van der Waals surface area contributed by atoms with Crippen molar-refractivity contribution in [2.45, 2.75) is 19.8 Å². The molecule has 1 aromatic carbocycles. The summed E-state index contributed by atoms with van der Waals surface area (Å²) in [6.07, 6.45) is 1.63. The second-order valence-corrected chi connectivity index (χ2v) is 7.26. The molecule has 19 heavy (non-hydrogen) atoms. The van der Waals surface area contributed by atoms with Crippen molar-refractivity contribution in [3.63, 3.8) is 0 Å². The monoisotopic (exact) mass is 368 g/mol. The minimum Gasteiger partial charge on any atom is -0.317 e. The quantitative estimate of drug-likeness (QED) is 0.692. The summed E-state index contributed by atoms with van der Waals surface area (Å²) in [7, 11) is -3.32. The number of sulfonamides is 1. The van der Waals surface area contributed by atoms with Crippen molar-refractivity contribution in [2.75, 3.05) is 23.6 Å². The van der Waals surface area contributed by atoms with E-state index in [1.165, 1.54) is 0 Å². The molecule has 0 aliphatic carbocycles. The lowest BCUT2D eigenvalue weighted by molar-refractivity contribution is 0.593. The first kappa shape index (κ1) is 16.8. The van der Waals surface area contributed by atoms with E-state index in [2.05, 4.69) is 32.9 Å². The Morgan fingerprint density at radius 1 is 1.32 bits per heavy atom. The molecular formula is C12H18BrClN2O2S. The van der Waals surface area contributed by atoms with Gasteiger partial charge in [-0.3, -0.25) is 4.72 Å². The Balaban J connectivity index is 2.47. The van der Waals surface area contributed by atoms with Crippen molar-refractivity contribution < 1.29 is 8.42 Å². The average Bonchev–Trinajstić information content (AvgIpc) is 2.33. The maximum Gasteiger partial charge on any atom is 0.232 e. The first-order valence-corrected chi connectivity index (χ1v) is 8.93. The van der Waals surface area contributed by atoms with Gasteiger partial charge >= 0.3 is 0 Å².